The third kappa shape index (κ3) is 2.35. The van der Waals surface area contributed by atoms with E-state index in [0.717, 1.165) is 0 Å². The SMILES string of the molecule is CCOC(=O)C(C)(C(=O)OCC)C1(C)OCCO1. The lowest BCUT2D eigenvalue weighted by molar-refractivity contribution is -0.236. The highest BCUT2D eigenvalue weighted by molar-refractivity contribution is 6.01. The standard InChI is InChI=1S/C12H20O6/c1-5-15-9(13)11(3,10(14)16-6-2)12(4)17-7-8-18-12/h5-8H2,1-4H3. The summed E-state index contributed by atoms with van der Waals surface area (Å²) < 4.78 is 20.7. The first-order chi connectivity index (χ1) is 8.42. The Hall–Kier alpha value is -1.14. The Kier molecular flexibility index (Phi) is 4.70. The molecule has 0 N–H and O–H groups in total. The molecule has 0 amide bonds. The molecule has 1 saturated heterocycles. The van der Waals surface area contributed by atoms with E-state index in [2.05, 4.69) is 0 Å². The summed E-state index contributed by atoms with van der Waals surface area (Å²) >= 11 is 0. The fraction of sp³-hybridized carbons (Fsp3) is 0.833. The molecule has 0 atom stereocenters. The smallest absolute Gasteiger partial charge is 0.328 e. The topological polar surface area (TPSA) is 71.1 Å². The third-order valence-corrected chi connectivity index (χ3v) is 3.11. The van der Waals surface area contributed by atoms with Gasteiger partial charge in [0.05, 0.1) is 26.4 Å². The molecule has 6 heteroatoms. The molecule has 1 fully saturated rings. The Morgan fingerprint density at radius 1 is 1.11 bits per heavy atom. The highest BCUT2D eigenvalue weighted by Gasteiger charge is 2.62. The lowest BCUT2D eigenvalue weighted by atomic mass is 9.81. The molecule has 1 heterocycles. The molecular formula is C12H20O6. The second-order valence-electron chi connectivity index (χ2n) is 4.21. The molecule has 6 nitrogen and oxygen atoms in total. The minimum Gasteiger partial charge on any atom is -0.465 e. The van der Waals surface area contributed by atoms with E-state index in [4.69, 9.17) is 18.9 Å². The van der Waals surface area contributed by atoms with Gasteiger partial charge in [-0.1, -0.05) is 0 Å². The maximum absolute atomic E-state index is 12.1. The number of hydrogen-bond donors (Lipinski definition) is 0. The number of hydrogen-bond acceptors (Lipinski definition) is 6. The fourth-order valence-corrected chi connectivity index (χ4v) is 1.81. The molecule has 0 aromatic rings. The first-order valence-electron chi connectivity index (χ1n) is 6.04. The summed E-state index contributed by atoms with van der Waals surface area (Å²) in [6.07, 6.45) is 0. The van der Waals surface area contributed by atoms with Crippen LogP contribution in [0.5, 0.6) is 0 Å². The fourth-order valence-electron chi connectivity index (χ4n) is 1.81. The number of carbonyl (C=O) groups excluding carboxylic acids is 2. The minimum absolute atomic E-state index is 0.171. The van der Waals surface area contributed by atoms with Gasteiger partial charge < -0.3 is 18.9 Å². The van der Waals surface area contributed by atoms with E-state index < -0.39 is 23.1 Å². The van der Waals surface area contributed by atoms with Gasteiger partial charge in [-0.05, 0) is 27.7 Å². The highest BCUT2D eigenvalue weighted by atomic mass is 16.7. The van der Waals surface area contributed by atoms with Crippen molar-refractivity contribution in [2.45, 2.75) is 33.5 Å². The number of rotatable bonds is 5. The summed E-state index contributed by atoms with van der Waals surface area (Å²) in [6, 6.07) is 0. The predicted octanol–water partition coefficient (Wildman–Crippen LogP) is 0.882. The van der Waals surface area contributed by atoms with Gasteiger partial charge in [0.2, 0.25) is 5.41 Å². The van der Waals surface area contributed by atoms with Crippen molar-refractivity contribution >= 4 is 11.9 Å². The lowest BCUT2D eigenvalue weighted by Gasteiger charge is -2.37. The third-order valence-electron chi connectivity index (χ3n) is 3.11. The molecule has 0 saturated carbocycles. The minimum atomic E-state index is -1.63. The van der Waals surface area contributed by atoms with Gasteiger partial charge in [-0.15, -0.1) is 0 Å². The van der Waals surface area contributed by atoms with Gasteiger partial charge in [-0.3, -0.25) is 9.59 Å². The molecule has 1 aliphatic rings. The number of carbonyl (C=O) groups is 2. The first kappa shape index (κ1) is 14.9. The summed E-state index contributed by atoms with van der Waals surface area (Å²) in [5, 5.41) is 0. The Balaban J connectivity index is 3.07. The van der Waals surface area contributed by atoms with Crippen LogP contribution in [0.15, 0.2) is 0 Å². The molecular weight excluding hydrogens is 240 g/mol. The molecule has 0 aromatic carbocycles. The highest BCUT2D eigenvalue weighted by Crippen LogP contribution is 2.40. The zero-order chi connectivity index (χ0) is 13.8. The maximum Gasteiger partial charge on any atom is 0.328 e. The summed E-state index contributed by atoms with van der Waals surface area (Å²) in [5.74, 6) is -2.76. The van der Waals surface area contributed by atoms with Crippen molar-refractivity contribution < 1.29 is 28.5 Å². The normalized spacial score (nSPS) is 18.4. The second-order valence-corrected chi connectivity index (χ2v) is 4.21. The van der Waals surface area contributed by atoms with Gasteiger partial charge in [-0.2, -0.15) is 0 Å². The molecule has 0 radical (unpaired) electrons. The first-order valence-corrected chi connectivity index (χ1v) is 6.04. The van der Waals surface area contributed by atoms with Crippen LogP contribution < -0.4 is 0 Å². The molecule has 104 valence electrons. The van der Waals surface area contributed by atoms with Crippen LogP contribution in [0.1, 0.15) is 27.7 Å². The van der Waals surface area contributed by atoms with Crippen molar-refractivity contribution in [1.82, 2.24) is 0 Å². The Morgan fingerprint density at radius 2 is 1.50 bits per heavy atom. The van der Waals surface area contributed by atoms with E-state index in [-0.39, 0.29) is 13.2 Å². The summed E-state index contributed by atoms with van der Waals surface area (Å²) in [6.45, 7) is 7.30. The van der Waals surface area contributed by atoms with Crippen LogP contribution in [-0.4, -0.2) is 44.2 Å². The molecule has 1 aliphatic heterocycles. The van der Waals surface area contributed by atoms with E-state index in [1.54, 1.807) is 20.8 Å². The van der Waals surface area contributed by atoms with Gasteiger partial charge in [0.1, 0.15) is 0 Å². The van der Waals surface area contributed by atoms with Gasteiger partial charge in [0, 0.05) is 0 Å². The van der Waals surface area contributed by atoms with Gasteiger partial charge in [-0.25, -0.2) is 0 Å². The van der Waals surface area contributed by atoms with Crippen LogP contribution in [0.2, 0.25) is 0 Å². The Labute approximate surface area is 107 Å². The van der Waals surface area contributed by atoms with E-state index in [9.17, 15) is 9.59 Å². The van der Waals surface area contributed by atoms with Crippen LogP contribution in [0, 0.1) is 5.41 Å². The van der Waals surface area contributed by atoms with E-state index in [1.807, 2.05) is 0 Å². The van der Waals surface area contributed by atoms with Crippen molar-refractivity contribution in [1.29, 1.82) is 0 Å². The molecule has 0 aromatic heterocycles. The van der Waals surface area contributed by atoms with Crippen molar-refractivity contribution in [3.8, 4) is 0 Å². The lowest BCUT2D eigenvalue weighted by Crippen LogP contribution is -2.56. The van der Waals surface area contributed by atoms with Gasteiger partial charge in [0.15, 0.2) is 5.79 Å². The van der Waals surface area contributed by atoms with Crippen LogP contribution in [0.25, 0.3) is 0 Å². The maximum atomic E-state index is 12.1. The quantitative estimate of drug-likeness (QED) is 0.540. The van der Waals surface area contributed by atoms with Crippen molar-refractivity contribution in [2.24, 2.45) is 5.41 Å². The van der Waals surface area contributed by atoms with Crippen LogP contribution in [0.4, 0.5) is 0 Å². The van der Waals surface area contributed by atoms with Crippen LogP contribution in [-0.2, 0) is 28.5 Å². The number of ether oxygens (including phenoxy) is 4. The Morgan fingerprint density at radius 3 is 1.83 bits per heavy atom. The van der Waals surface area contributed by atoms with Crippen LogP contribution in [0.3, 0.4) is 0 Å². The van der Waals surface area contributed by atoms with Gasteiger partial charge >= 0.3 is 11.9 Å². The van der Waals surface area contributed by atoms with Crippen LogP contribution >= 0.6 is 0 Å². The molecule has 0 aliphatic carbocycles. The zero-order valence-corrected chi connectivity index (χ0v) is 11.3. The predicted molar refractivity (Wildman–Crippen MR) is 61.7 cm³/mol. The van der Waals surface area contributed by atoms with Crippen molar-refractivity contribution in [3.05, 3.63) is 0 Å². The second kappa shape index (κ2) is 5.67. The molecule has 0 bridgehead atoms. The average molecular weight is 260 g/mol. The Bertz CT molecular complexity index is 301. The summed E-state index contributed by atoms with van der Waals surface area (Å²) in [4.78, 5) is 24.2. The average Bonchev–Trinajstić information content (AvgIpc) is 2.77. The van der Waals surface area contributed by atoms with E-state index >= 15 is 0 Å². The summed E-state index contributed by atoms with van der Waals surface area (Å²) in [7, 11) is 0. The summed E-state index contributed by atoms with van der Waals surface area (Å²) in [5.41, 5.74) is -1.63. The molecule has 18 heavy (non-hydrogen) atoms. The van der Waals surface area contributed by atoms with E-state index in [1.165, 1.54) is 6.92 Å². The largest absolute Gasteiger partial charge is 0.465 e. The van der Waals surface area contributed by atoms with E-state index in [0.29, 0.717) is 13.2 Å². The zero-order valence-electron chi connectivity index (χ0n) is 11.3. The van der Waals surface area contributed by atoms with Crippen molar-refractivity contribution in [2.75, 3.05) is 26.4 Å². The molecule has 1 rings (SSSR count). The number of esters is 2. The van der Waals surface area contributed by atoms with Gasteiger partial charge in [0.25, 0.3) is 0 Å². The van der Waals surface area contributed by atoms with Crippen molar-refractivity contribution in [3.63, 3.8) is 0 Å². The monoisotopic (exact) mass is 260 g/mol. The molecule has 0 unspecified atom stereocenters. The molecule has 0 spiro atoms.